The highest BCUT2D eigenvalue weighted by molar-refractivity contribution is 5.85. The number of hydrogen-bond donors (Lipinski definition) is 2. The lowest BCUT2D eigenvalue weighted by Crippen LogP contribution is -2.70. The molecule has 2 aliphatic carbocycles. The van der Waals surface area contributed by atoms with E-state index in [-0.39, 0.29) is 17.4 Å². The molecule has 0 radical (unpaired) electrons. The molecule has 2 heterocycles. The predicted molar refractivity (Wildman–Crippen MR) is 68.8 cm³/mol. The first kappa shape index (κ1) is 13.0. The second kappa shape index (κ2) is 2.94. The second-order valence-electron chi connectivity index (χ2n) is 8.05. The summed E-state index contributed by atoms with van der Waals surface area (Å²) in [7, 11) is 0. The summed E-state index contributed by atoms with van der Waals surface area (Å²) in [5, 5.41) is 21.8. The molecule has 2 spiro atoms. The van der Waals surface area contributed by atoms with Crippen LogP contribution in [0.5, 0.6) is 0 Å². The van der Waals surface area contributed by atoms with E-state index in [0.29, 0.717) is 12.8 Å². The number of carbonyl (C=O) groups is 1. The lowest BCUT2D eigenvalue weighted by Gasteiger charge is -2.51. The fourth-order valence-corrected chi connectivity index (χ4v) is 5.43. The highest BCUT2D eigenvalue weighted by Crippen LogP contribution is 2.76. The zero-order valence-corrected chi connectivity index (χ0v) is 12.4. The van der Waals surface area contributed by atoms with Gasteiger partial charge >= 0.3 is 5.97 Å². The largest absolute Gasteiger partial charge is 0.450 e. The summed E-state index contributed by atoms with van der Waals surface area (Å²) in [6, 6.07) is 0. The summed E-state index contributed by atoms with van der Waals surface area (Å²) in [6.45, 7) is 7.61. The summed E-state index contributed by atoms with van der Waals surface area (Å²) in [6.07, 6.45) is 1.60. The van der Waals surface area contributed by atoms with Crippen molar-refractivity contribution in [2.75, 3.05) is 0 Å². The van der Waals surface area contributed by atoms with E-state index in [1.165, 1.54) is 6.92 Å². The summed E-state index contributed by atoms with van der Waals surface area (Å²) in [5.74, 6) is -0.517. The smallest absolute Gasteiger partial charge is 0.341 e. The Kier molecular flexibility index (Phi) is 1.92. The number of hydrogen-bond acceptors (Lipinski definition) is 5. The van der Waals surface area contributed by atoms with Gasteiger partial charge in [0.2, 0.25) is 0 Å². The average Bonchev–Trinajstić information content (AvgIpc) is 3.02. The van der Waals surface area contributed by atoms with Gasteiger partial charge in [0, 0.05) is 6.42 Å². The Morgan fingerprint density at radius 3 is 2.50 bits per heavy atom. The molecule has 4 fully saturated rings. The zero-order chi connectivity index (χ0) is 14.8. The molecule has 2 aliphatic heterocycles. The molecular weight excluding hydrogens is 260 g/mol. The Balaban J connectivity index is 1.96. The van der Waals surface area contributed by atoms with Gasteiger partial charge in [0.15, 0.2) is 11.2 Å². The van der Waals surface area contributed by atoms with Gasteiger partial charge in [-0.15, -0.1) is 0 Å². The summed E-state index contributed by atoms with van der Waals surface area (Å²) >= 11 is 0. The number of aliphatic hydroxyl groups is 2. The SMILES string of the molecule is C[C@@H]1CC[C@]2(O)[C@]3(CC(C)(C)[C@@H]4O[C@@]143)OC(=O)[C@@]2(C)O. The van der Waals surface area contributed by atoms with Crippen LogP contribution in [0.15, 0.2) is 0 Å². The molecule has 20 heavy (non-hydrogen) atoms. The monoisotopic (exact) mass is 282 g/mol. The molecule has 0 unspecified atom stereocenters. The molecule has 6 atom stereocenters. The van der Waals surface area contributed by atoms with Crippen LogP contribution in [0.4, 0.5) is 0 Å². The van der Waals surface area contributed by atoms with E-state index in [4.69, 9.17) is 9.47 Å². The molecule has 5 nitrogen and oxygen atoms in total. The third-order valence-corrected chi connectivity index (χ3v) is 6.50. The number of ether oxygens (including phenoxy) is 2. The Bertz CT molecular complexity index is 526. The maximum absolute atomic E-state index is 12.2. The van der Waals surface area contributed by atoms with Crippen LogP contribution in [-0.4, -0.2) is 44.7 Å². The third kappa shape index (κ3) is 0.937. The minimum atomic E-state index is -1.86. The van der Waals surface area contributed by atoms with Crippen molar-refractivity contribution in [3.63, 3.8) is 0 Å². The van der Waals surface area contributed by atoms with Gasteiger partial charge in [-0.3, -0.25) is 0 Å². The van der Waals surface area contributed by atoms with E-state index in [9.17, 15) is 15.0 Å². The van der Waals surface area contributed by atoms with Crippen LogP contribution in [0.25, 0.3) is 0 Å². The minimum absolute atomic E-state index is 0.0153. The first-order valence-corrected chi connectivity index (χ1v) is 7.41. The molecule has 0 bridgehead atoms. The molecule has 0 aromatic heterocycles. The molecule has 4 aliphatic rings. The first-order chi connectivity index (χ1) is 9.05. The van der Waals surface area contributed by atoms with Crippen molar-refractivity contribution in [1.82, 2.24) is 0 Å². The molecule has 0 aromatic carbocycles. The Labute approximate surface area is 118 Å². The van der Waals surface area contributed by atoms with Crippen LogP contribution >= 0.6 is 0 Å². The van der Waals surface area contributed by atoms with Gasteiger partial charge in [0.1, 0.15) is 11.2 Å². The Morgan fingerprint density at radius 1 is 1.25 bits per heavy atom. The van der Waals surface area contributed by atoms with Gasteiger partial charge in [0.25, 0.3) is 0 Å². The summed E-state index contributed by atoms with van der Waals surface area (Å²) < 4.78 is 11.7. The molecule has 2 saturated carbocycles. The maximum atomic E-state index is 12.2. The van der Waals surface area contributed by atoms with Crippen LogP contribution in [0.2, 0.25) is 0 Å². The molecule has 2 saturated heterocycles. The van der Waals surface area contributed by atoms with Crippen molar-refractivity contribution in [2.24, 2.45) is 11.3 Å². The average molecular weight is 282 g/mol. The van der Waals surface area contributed by atoms with E-state index in [1.54, 1.807) is 0 Å². The summed E-state index contributed by atoms with van der Waals surface area (Å²) in [5.41, 5.74) is -5.33. The zero-order valence-electron chi connectivity index (χ0n) is 12.4. The quantitative estimate of drug-likeness (QED) is 0.506. The number of rotatable bonds is 0. The van der Waals surface area contributed by atoms with Crippen LogP contribution in [0.1, 0.15) is 47.0 Å². The molecule has 0 aromatic rings. The van der Waals surface area contributed by atoms with E-state index in [1.807, 2.05) is 0 Å². The van der Waals surface area contributed by atoms with E-state index in [0.717, 1.165) is 6.42 Å². The van der Waals surface area contributed by atoms with Crippen molar-refractivity contribution in [3.05, 3.63) is 0 Å². The minimum Gasteiger partial charge on any atom is -0.450 e. The van der Waals surface area contributed by atoms with Crippen LogP contribution in [0, 0.1) is 11.3 Å². The summed E-state index contributed by atoms with van der Waals surface area (Å²) in [4.78, 5) is 12.2. The van der Waals surface area contributed by atoms with Gasteiger partial charge in [-0.1, -0.05) is 20.8 Å². The number of epoxide rings is 1. The van der Waals surface area contributed by atoms with Gasteiger partial charge in [-0.2, -0.15) is 0 Å². The van der Waals surface area contributed by atoms with E-state index in [2.05, 4.69) is 20.8 Å². The van der Waals surface area contributed by atoms with Crippen molar-refractivity contribution in [2.45, 2.75) is 75.5 Å². The highest BCUT2D eigenvalue weighted by Gasteiger charge is 2.93. The molecule has 4 rings (SSSR count). The Hall–Kier alpha value is -0.650. The van der Waals surface area contributed by atoms with Crippen molar-refractivity contribution < 1.29 is 24.5 Å². The van der Waals surface area contributed by atoms with Gasteiger partial charge in [-0.05, 0) is 31.1 Å². The molecular formula is C15H22O5. The van der Waals surface area contributed by atoms with Crippen molar-refractivity contribution in [3.8, 4) is 0 Å². The standard InChI is InChI=1S/C15H22O5/c1-8-5-6-13(18)12(4,17)10(16)20-14(13)7-11(2,3)9-15(8,14)19-9/h8-9,17-18H,5-7H2,1-4H3/t8-,9+,12-,13-,14+,15+/m1/s1. The van der Waals surface area contributed by atoms with Crippen molar-refractivity contribution >= 4 is 5.97 Å². The van der Waals surface area contributed by atoms with Gasteiger partial charge < -0.3 is 19.7 Å². The maximum Gasteiger partial charge on any atom is 0.341 e. The van der Waals surface area contributed by atoms with E-state index >= 15 is 0 Å². The van der Waals surface area contributed by atoms with Crippen LogP contribution in [0.3, 0.4) is 0 Å². The first-order valence-electron chi connectivity index (χ1n) is 7.41. The topological polar surface area (TPSA) is 79.3 Å². The second-order valence-corrected chi connectivity index (χ2v) is 8.05. The molecule has 0 amide bonds. The van der Waals surface area contributed by atoms with Crippen LogP contribution in [-0.2, 0) is 14.3 Å². The number of esters is 1. The van der Waals surface area contributed by atoms with E-state index < -0.39 is 28.4 Å². The van der Waals surface area contributed by atoms with Gasteiger partial charge in [-0.25, -0.2) is 4.79 Å². The molecule has 112 valence electrons. The molecule has 5 heteroatoms. The lowest BCUT2D eigenvalue weighted by molar-refractivity contribution is -0.229. The Morgan fingerprint density at radius 2 is 1.90 bits per heavy atom. The normalized spacial score (nSPS) is 62.4. The fraction of sp³-hybridized carbons (Fsp3) is 0.933. The lowest BCUT2D eigenvalue weighted by atomic mass is 9.58. The predicted octanol–water partition coefficient (Wildman–Crippen LogP) is 0.761. The van der Waals surface area contributed by atoms with Crippen molar-refractivity contribution in [1.29, 1.82) is 0 Å². The highest BCUT2D eigenvalue weighted by atomic mass is 16.7. The van der Waals surface area contributed by atoms with Gasteiger partial charge in [0.05, 0.1) is 6.10 Å². The number of carbonyl (C=O) groups excluding carboxylic acids is 1. The third-order valence-electron chi connectivity index (χ3n) is 6.50. The fourth-order valence-electron chi connectivity index (χ4n) is 5.43. The van der Waals surface area contributed by atoms with Crippen LogP contribution < -0.4 is 0 Å². The molecule has 2 N–H and O–H groups in total.